The van der Waals surface area contributed by atoms with Crippen molar-refractivity contribution in [2.75, 3.05) is 12.8 Å². The molecule has 2 N–H and O–H groups in total. The first-order valence-corrected chi connectivity index (χ1v) is 7.26. The van der Waals surface area contributed by atoms with E-state index in [1.165, 1.54) is 11.3 Å². The third-order valence-corrected chi connectivity index (χ3v) is 3.68. The number of hydrogen-bond donors (Lipinski definition) is 1. The van der Waals surface area contributed by atoms with Crippen LogP contribution >= 0.6 is 11.3 Å². The number of nitrogens with zero attached hydrogens (tertiary/aromatic N) is 3. The van der Waals surface area contributed by atoms with E-state index in [2.05, 4.69) is 15.1 Å². The van der Waals surface area contributed by atoms with Gasteiger partial charge in [0.25, 0.3) is 0 Å². The van der Waals surface area contributed by atoms with Crippen molar-refractivity contribution in [1.82, 2.24) is 15.1 Å². The summed E-state index contributed by atoms with van der Waals surface area (Å²) in [4.78, 5) is 8.55. The van der Waals surface area contributed by atoms with Crippen molar-refractivity contribution in [3.63, 3.8) is 0 Å². The highest BCUT2D eigenvalue weighted by Crippen LogP contribution is 2.20. The number of nitrogens with two attached hydrogens (primary N) is 1. The first kappa shape index (κ1) is 13.6. The molecular weight excluding hydrogens is 288 g/mol. The second-order valence-electron chi connectivity index (χ2n) is 4.45. The zero-order valence-electron chi connectivity index (χ0n) is 11.4. The molecule has 2 aromatic heterocycles. The fourth-order valence-corrected chi connectivity index (χ4v) is 2.57. The van der Waals surface area contributed by atoms with E-state index in [1.807, 2.05) is 29.6 Å². The number of rotatable bonds is 5. The van der Waals surface area contributed by atoms with Gasteiger partial charge in [-0.2, -0.15) is 4.98 Å². The van der Waals surface area contributed by atoms with Gasteiger partial charge in [-0.1, -0.05) is 23.4 Å². The van der Waals surface area contributed by atoms with E-state index >= 15 is 0 Å². The van der Waals surface area contributed by atoms with E-state index in [0.29, 0.717) is 29.7 Å². The Morgan fingerprint density at radius 1 is 1.24 bits per heavy atom. The van der Waals surface area contributed by atoms with Crippen LogP contribution in [0.5, 0.6) is 5.75 Å². The highest BCUT2D eigenvalue weighted by molar-refractivity contribution is 7.13. The number of benzene rings is 1. The lowest BCUT2D eigenvalue weighted by molar-refractivity contribution is 0.379. The molecule has 21 heavy (non-hydrogen) atoms. The zero-order chi connectivity index (χ0) is 14.7. The predicted octanol–water partition coefficient (Wildman–Crippen LogP) is 2.30. The molecule has 0 atom stereocenters. The van der Waals surface area contributed by atoms with Crippen LogP contribution in [0.15, 0.2) is 34.2 Å². The number of para-hydroxylation sites is 1. The fraction of sp³-hybridized carbons (Fsp3) is 0.214. The molecule has 0 aliphatic carbocycles. The summed E-state index contributed by atoms with van der Waals surface area (Å²) < 4.78 is 10.6. The second-order valence-corrected chi connectivity index (χ2v) is 5.34. The Kier molecular flexibility index (Phi) is 3.83. The molecule has 0 amide bonds. The summed E-state index contributed by atoms with van der Waals surface area (Å²) in [5.74, 6) is 1.97. The number of ether oxygens (including phenoxy) is 1. The van der Waals surface area contributed by atoms with Gasteiger partial charge in [0, 0.05) is 17.4 Å². The molecule has 0 saturated carbocycles. The molecule has 0 fully saturated rings. The molecule has 0 unspecified atom stereocenters. The molecule has 3 aromatic rings. The van der Waals surface area contributed by atoms with Crippen molar-refractivity contribution in [3.8, 4) is 5.75 Å². The number of nitrogen functional groups attached to an aromatic ring is 1. The minimum Gasteiger partial charge on any atom is -0.496 e. The molecule has 7 heteroatoms. The molecule has 108 valence electrons. The molecule has 0 radical (unpaired) electrons. The topological polar surface area (TPSA) is 87.1 Å². The van der Waals surface area contributed by atoms with Crippen molar-refractivity contribution in [2.24, 2.45) is 0 Å². The van der Waals surface area contributed by atoms with Gasteiger partial charge < -0.3 is 15.0 Å². The standard InChI is InChI=1S/C14H14N4O2S/c1-19-11-5-3-2-4-9(11)6-12-17-13(20-18-12)7-10-8-21-14(15)16-10/h2-5,8H,6-7H2,1H3,(H2,15,16). The normalized spacial score (nSPS) is 10.7. The summed E-state index contributed by atoms with van der Waals surface area (Å²) in [6.07, 6.45) is 1.05. The Bertz CT molecular complexity index is 738. The van der Waals surface area contributed by atoms with Crippen LogP contribution < -0.4 is 10.5 Å². The maximum Gasteiger partial charge on any atom is 0.232 e. The number of thiazole rings is 1. The molecular formula is C14H14N4O2S. The lowest BCUT2D eigenvalue weighted by Gasteiger charge is -2.04. The van der Waals surface area contributed by atoms with Gasteiger partial charge in [0.1, 0.15) is 5.75 Å². The van der Waals surface area contributed by atoms with Crippen molar-refractivity contribution in [3.05, 3.63) is 52.6 Å². The Hall–Kier alpha value is -2.41. The SMILES string of the molecule is COc1ccccc1Cc1noc(Cc2csc(N)n2)n1. The third kappa shape index (κ3) is 3.19. The molecule has 6 nitrogen and oxygen atoms in total. The van der Waals surface area contributed by atoms with E-state index < -0.39 is 0 Å². The van der Waals surface area contributed by atoms with Gasteiger partial charge >= 0.3 is 0 Å². The Morgan fingerprint density at radius 2 is 2.10 bits per heavy atom. The summed E-state index contributed by atoms with van der Waals surface area (Å²) >= 11 is 1.40. The van der Waals surface area contributed by atoms with Crippen LogP contribution in [0.4, 0.5) is 5.13 Å². The molecule has 0 aliphatic heterocycles. The van der Waals surface area contributed by atoms with Gasteiger partial charge in [-0.25, -0.2) is 4.98 Å². The number of anilines is 1. The van der Waals surface area contributed by atoms with Crippen molar-refractivity contribution in [2.45, 2.75) is 12.8 Å². The predicted molar refractivity (Wildman–Crippen MR) is 79.4 cm³/mol. The van der Waals surface area contributed by atoms with E-state index in [-0.39, 0.29) is 0 Å². The quantitative estimate of drug-likeness (QED) is 0.778. The van der Waals surface area contributed by atoms with E-state index in [0.717, 1.165) is 17.0 Å². The summed E-state index contributed by atoms with van der Waals surface area (Å²) in [5, 5.41) is 6.42. The molecule has 0 bridgehead atoms. The van der Waals surface area contributed by atoms with Gasteiger partial charge in [0.15, 0.2) is 11.0 Å². The highest BCUT2D eigenvalue weighted by Gasteiger charge is 2.11. The summed E-state index contributed by atoms with van der Waals surface area (Å²) in [7, 11) is 1.65. The van der Waals surface area contributed by atoms with Crippen LogP contribution in [0.1, 0.15) is 23.0 Å². The van der Waals surface area contributed by atoms with Crippen molar-refractivity contribution in [1.29, 1.82) is 0 Å². The number of aromatic nitrogens is 3. The van der Waals surface area contributed by atoms with Crippen LogP contribution in [0.25, 0.3) is 0 Å². The third-order valence-electron chi connectivity index (χ3n) is 2.95. The van der Waals surface area contributed by atoms with Crippen LogP contribution in [0.2, 0.25) is 0 Å². The average molecular weight is 302 g/mol. The van der Waals surface area contributed by atoms with Gasteiger partial charge in [-0.05, 0) is 6.07 Å². The van der Waals surface area contributed by atoms with E-state index in [9.17, 15) is 0 Å². The maximum atomic E-state index is 5.60. The average Bonchev–Trinajstić information content (AvgIpc) is 3.09. The number of hydrogen-bond acceptors (Lipinski definition) is 7. The summed E-state index contributed by atoms with van der Waals surface area (Å²) in [6, 6.07) is 7.78. The largest absolute Gasteiger partial charge is 0.496 e. The van der Waals surface area contributed by atoms with Crippen LogP contribution in [-0.4, -0.2) is 22.2 Å². The minimum absolute atomic E-state index is 0.493. The van der Waals surface area contributed by atoms with E-state index in [1.54, 1.807) is 7.11 Å². The van der Waals surface area contributed by atoms with Crippen LogP contribution in [-0.2, 0) is 12.8 Å². The van der Waals surface area contributed by atoms with E-state index in [4.69, 9.17) is 15.0 Å². The van der Waals surface area contributed by atoms with Gasteiger partial charge in [0.05, 0.1) is 19.2 Å². The molecule has 0 aliphatic rings. The molecule has 1 aromatic carbocycles. The fourth-order valence-electron chi connectivity index (χ4n) is 2.01. The van der Waals surface area contributed by atoms with Gasteiger partial charge in [-0.3, -0.25) is 0 Å². The molecule has 3 rings (SSSR count). The first-order chi connectivity index (χ1) is 10.2. The van der Waals surface area contributed by atoms with Gasteiger partial charge in [-0.15, -0.1) is 11.3 Å². The first-order valence-electron chi connectivity index (χ1n) is 6.38. The molecule has 2 heterocycles. The van der Waals surface area contributed by atoms with Gasteiger partial charge in [0.2, 0.25) is 5.89 Å². The maximum absolute atomic E-state index is 5.60. The second kappa shape index (κ2) is 5.92. The van der Waals surface area contributed by atoms with Crippen molar-refractivity contribution < 1.29 is 9.26 Å². The Morgan fingerprint density at radius 3 is 2.86 bits per heavy atom. The molecule has 0 saturated heterocycles. The summed E-state index contributed by atoms with van der Waals surface area (Å²) in [5.41, 5.74) is 7.46. The lowest BCUT2D eigenvalue weighted by Crippen LogP contribution is -1.96. The lowest BCUT2D eigenvalue weighted by atomic mass is 10.1. The Labute approximate surface area is 125 Å². The monoisotopic (exact) mass is 302 g/mol. The Balaban J connectivity index is 1.73. The smallest absolute Gasteiger partial charge is 0.232 e. The van der Waals surface area contributed by atoms with Crippen molar-refractivity contribution >= 4 is 16.5 Å². The minimum atomic E-state index is 0.493. The van der Waals surface area contributed by atoms with Crippen LogP contribution in [0, 0.1) is 0 Å². The zero-order valence-corrected chi connectivity index (χ0v) is 12.3. The molecule has 0 spiro atoms. The highest BCUT2D eigenvalue weighted by atomic mass is 32.1. The van der Waals surface area contributed by atoms with Crippen LogP contribution in [0.3, 0.4) is 0 Å². The summed E-state index contributed by atoms with van der Waals surface area (Å²) in [6.45, 7) is 0. The number of methoxy groups -OCH3 is 1.